The molecular formula is C5H10N2O. The summed E-state index contributed by atoms with van der Waals surface area (Å²) < 4.78 is 0. The van der Waals surface area contributed by atoms with Gasteiger partial charge in [-0.05, 0) is 0 Å². The van der Waals surface area contributed by atoms with Crippen LogP contribution in [0.1, 0.15) is 6.42 Å². The van der Waals surface area contributed by atoms with Crippen molar-refractivity contribution < 1.29 is 10.1 Å². The number of rotatable bonds is 0. The number of oxime groups is 1. The van der Waals surface area contributed by atoms with E-state index in [1.807, 2.05) is 0 Å². The van der Waals surface area contributed by atoms with Gasteiger partial charge in [0, 0.05) is 6.42 Å². The first-order valence-corrected chi connectivity index (χ1v) is 2.69. The highest BCUT2D eigenvalue weighted by atomic mass is 16.4. The molecule has 1 unspecified atom stereocenters. The first kappa shape index (κ1) is 5.56. The summed E-state index contributed by atoms with van der Waals surface area (Å²) in [6.07, 6.45) is 0.898. The van der Waals surface area contributed by atoms with E-state index in [4.69, 9.17) is 5.21 Å². The van der Waals surface area contributed by atoms with E-state index in [-0.39, 0.29) is 0 Å². The average Bonchev–Trinajstić information content (AvgIpc) is 2.14. The predicted octanol–water partition coefficient (Wildman–Crippen LogP) is -1.10. The van der Waals surface area contributed by atoms with E-state index in [0.29, 0.717) is 0 Å². The molecule has 0 aromatic rings. The van der Waals surface area contributed by atoms with Crippen molar-refractivity contribution in [3.05, 3.63) is 7.05 Å². The molecule has 1 heterocycles. The van der Waals surface area contributed by atoms with Crippen LogP contribution in [0.5, 0.6) is 0 Å². The molecule has 1 rings (SSSR count). The van der Waals surface area contributed by atoms with Gasteiger partial charge in [-0.3, -0.25) is 0 Å². The van der Waals surface area contributed by atoms with Gasteiger partial charge in [-0.25, -0.2) is 0 Å². The van der Waals surface area contributed by atoms with Crippen molar-refractivity contribution in [3.63, 3.8) is 0 Å². The van der Waals surface area contributed by atoms with E-state index in [1.165, 1.54) is 4.90 Å². The Morgan fingerprint density at radius 2 is 2.50 bits per heavy atom. The minimum Gasteiger partial charge on any atom is -0.463 e. The highest BCUT2D eigenvalue weighted by molar-refractivity contribution is 5.85. The molecule has 0 saturated carbocycles. The van der Waals surface area contributed by atoms with Crippen molar-refractivity contribution in [1.82, 2.24) is 0 Å². The largest absolute Gasteiger partial charge is 0.463 e. The lowest BCUT2D eigenvalue weighted by atomic mass is 10.3. The SMILES string of the molecule is [CH2-][NH+]1CC/C(=N/O)C1. The normalized spacial score (nSPS) is 34.1. The van der Waals surface area contributed by atoms with Gasteiger partial charge >= 0.3 is 0 Å². The minimum absolute atomic E-state index is 0.802. The fraction of sp³-hybridized carbons (Fsp3) is 0.600. The van der Waals surface area contributed by atoms with Crippen LogP contribution in [0, 0.1) is 7.05 Å². The van der Waals surface area contributed by atoms with E-state index in [1.54, 1.807) is 0 Å². The quantitative estimate of drug-likeness (QED) is 0.234. The second-order valence-corrected chi connectivity index (χ2v) is 2.09. The summed E-state index contributed by atoms with van der Waals surface area (Å²) in [5.74, 6) is 0. The average molecular weight is 114 g/mol. The number of quaternary nitrogens is 1. The summed E-state index contributed by atoms with van der Waals surface area (Å²) >= 11 is 0. The molecule has 0 amide bonds. The van der Waals surface area contributed by atoms with Gasteiger partial charge in [-0.2, -0.15) is 7.05 Å². The maximum atomic E-state index is 8.23. The molecule has 0 aliphatic carbocycles. The topological polar surface area (TPSA) is 37.0 Å². The molecule has 1 aliphatic heterocycles. The Balaban J connectivity index is 2.44. The van der Waals surface area contributed by atoms with Crippen molar-refractivity contribution in [1.29, 1.82) is 0 Å². The number of hydrogen-bond acceptors (Lipinski definition) is 2. The van der Waals surface area contributed by atoms with Gasteiger partial charge in [0.05, 0.1) is 13.1 Å². The van der Waals surface area contributed by atoms with E-state index < -0.39 is 0 Å². The zero-order chi connectivity index (χ0) is 5.98. The van der Waals surface area contributed by atoms with E-state index >= 15 is 0 Å². The van der Waals surface area contributed by atoms with Crippen LogP contribution in [-0.2, 0) is 0 Å². The van der Waals surface area contributed by atoms with Gasteiger partial charge in [0.25, 0.3) is 0 Å². The summed E-state index contributed by atoms with van der Waals surface area (Å²) in [5.41, 5.74) is 0.870. The molecule has 0 spiro atoms. The van der Waals surface area contributed by atoms with Crippen molar-refractivity contribution in [3.8, 4) is 0 Å². The molecule has 3 heteroatoms. The second kappa shape index (κ2) is 2.13. The Morgan fingerprint density at radius 1 is 1.75 bits per heavy atom. The molecule has 1 aliphatic rings. The first-order chi connectivity index (χ1) is 3.83. The zero-order valence-electron chi connectivity index (χ0n) is 4.72. The molecule has 1 fully saturated rings. The van der Waals surface area contributed by atoms with Gasteiger partial charge in [-0.1, -0.05) is 5.16 Å². The summed E-state index contributed by atoms with van der Waals surface area (Å²) in [6.45, 7) is 1.80. The Kier molecular flexibility index (Phi) is 1.48. The van der Waals surface area contributed by atoms with Crippen LogP contribution in [0.25, 0.3) is 0 Å². The van der Waals surface area contributed by atoms with E-state index in [2.05, 4.69) is 12.2 Å². The Morgan fingerprint density at radius 3 is 2.75 bits per heavy atom. The smallest absolute Gasteiger partial charge is 0.114 e. The molecule has 2 N–H and O–H groups in total. The Labute approximate surface area is 48.6 Å². The van der Waals surface area contributed by atoms with Crippen LogP contribution in [0.3, 0.4) is 0 Å². The van der Waals surface area contributed by atoms with Crippen LogP contribution in [0.2, 0.25) is 0 Å². The number of hydrogen-bond donors (Lipinski definition) is 2. The molecule has 46 valence electrons. The predicted molar refractivity (Wildman–Crippen MR) is 29.9 cm³/mol. The zero-order valence-corrected chi connectivity index (χ0v) is 4.72. The van der Waals surface area contributed by atoms with Crippen LogP contribution in [-0.4, -0.2) is 24.0 Å². The van der Waals surface area contributed by atoms with Crippen LogP contribution >= 0.6 is 0 Å². The van der Waals surface area contributed by atoms with Crippen LogP contribution < -0.4 is 4.90 Å². The molecule has 8 heavy (non-hydrogen) atoms. The Bertz CT molecular complexity index is 111. The summed E-state index contributed by atoms with van der Waals surface area (Å²) in [4.78, 5) is 1.18. The van der Waals surface area contributed by atoms with Crippen LogP contribution in [0.4, 0.5) is 0 Å². The lowest BCUT2D eigenvalue weighted by molar-refractivity contribution is -0.835. The van der Waals surface area contributed by atoms with Gasteiger partial charge in [0.2, 0.25) is 0 Å². The van der Waals surface area contributed by atoms with Gasteiger partial charge in [0.15, 0.2) is 0 Å². The molecule has 1 atom stereocenters. The summed E-state index contributed by atoms with van der Waals surface area (Å²) in [5, 5.41) is 11.3. The van der Waals surface area contributed by atoms with E-state index in [0.717, 1.165) is 25.2 Å². The van der Waals surface area contributed by atoms with Crippen molar-refractivity contribution in [2.45, 2.75) is 6.42 Å². The van der Waals surface area contributed by atoms with Crippen molar-refractivity contribution in [2.75, 3.05) is 13.1 Å². The number of nitrogens with one attached hydrogen (secondary N) is 1. The molecule has 0 aromatic heterocycles. The van der Waals surface area contributed by atoms with Crippen molar-refractivity contribution >= 4 is 5.71 Å². The molecular weight excluding hydrogens is 104 g/mol. The van der Waals surface area contributed by atoms with Gasteiger partial charge < -0.3 is 10.1 Å². The summed E-state index contributed by atoms with van der Waals surface area (Å²) in [7, 11) is 3.76. The van der Waals surface area contributed by atoms with Crippen molar-refractivity contribution in [2.24, 2.45) is 5.16 Å². The standard InChI is InChI=1S/C5H10N2O/c1-7-3-2-5(4-7)6-8/h7-8H,1-4H2/b6-5-. The lowest BCUT2D eigenvalue weighted by Gasteiger charge is -2.08. The number of nitrogens with zero attached hydrogens (tertiary/aromatic N) is 1. The Hall–Kier alpha value is -0.570. The highest BCUT2D eigenvalue weighted by Gasteiger charge is 2.13. The summed E-state index contributed by atoms with van der Waals surface area (Å²) in [6, 6.07) is 0. The first-order valence-electron chi connectivity index (χ1n) is 2.69. The third kappa shape index (κ3) is 0.980. The fourth-order valence-corrected chi connectivity index (χ4v) is 0.872. The monoisotopic (exact) mass is 114 g/mol. The molecule has 0 radical (unpaired) electrons. The van der Waals surface area contributed by atoms with Crippen LogP contribution in [0.15, 0.2) is 5.16 Å². The molecule has 0 aromatic carbocycles. The number of likely N-dealkylation sites (tertiary alicyclic amines) is 1. The second-order valence-electron chi connectivity index (χ2n) is 2.09. The molecule has 1 saturated heterocycles. The lowest BCUT2D eigenvalue weighted by Crippen LogP contribution is -3.04. The highest BCUT2D eigenvalue weighted by Crippen LogP contribution is 1.85. The maximum Gasteiger partial charge on any atom is 0.114 e. The van der Waals surface area contributed by atoms with Gasteiger partial charge in [-0.15, -0.1) is 0 Å². The third-order valence-corrected chi connectivity index (χ3v) is 1.36. The fourth-order valence-electron chi connectivity index (χ4n) is 0.872. The molecule has 0 bridgehead atoms. The van der Waals surface area contributed by atoms with E-state index in [9.17, 15) is 0 Å². The minimum atomic E-state index is 0.802. The third-order valence-electron chi connectivity index (χ3n) is 1.36. The molecule has 3 nitrogen and oxygen atoms in total. The van der Waals surface area contributed by atoms with Gasteiger partial charge in [0.1, 0.15) is 5.71 Å². The maximum absolute atomic E-state index is 8.23.